The van der Waals surface area contributed by atoms with Crippen molar-refractivity contribution in [2.45, 2.75) is 205 Å². The van der Waals surface area contributed by atoms with Gasteiger partial charge < -0.3 is 19.7 Å². The van der Waals surface area contributed by atoms with Crippen LogP contribution in [0.5, 0.6) is 11.5 Å². The molecule has 6 spiro atoms. The number of benzene rings is 2. The molecule has 8 bridgehead atoms. The molecule has 14 aliphatic rings. The molecule has 7 heteroatoms. The maximum absolute atomic E-state index is 12.0. The van der Waals surface area contributed by atoms with Gasteiger partial charge in [-0.25, -0.2) is 0 Å². The van der Waals surface area contributed by atoms with E-state index in [0.717, 1.165) is 44.3 Å². The number of likely N-dealkylation sites (tertiary alicyclic amines) is 2. The summed E-state index contributed by atoms with van der Waals surface area (Å²) in [5, 5.41) is 34.2. The average Bonchev–Trinajstić information content (AvgIpc) is 3.62. The molecule has 4 heterocycles. The molecule has 4 aliphatic heterocycles. The number of rotatable bonds is 2. The van der Waals surface area contributed by atoms with Crippen LogP contribution in [0.2, 0.25) is 0 Å². The maximum Gasteiger partial charge on any atom is 0.180 e. The van der Waals surface area contributed by atoms with Gasteiger partial charge in [0.1, 0.15) is 23.7 Å². The van der Waals surface area contributed by atoms with Crippen molar-refractivity contribution in [2.75, 3.05) is 7.05 Å². The van der Waals surface area contributed by atoms with Crippen molar-refractivity contribution in [3.63, 3.8) is 0 Å². The molecule has 11 unspecified atom stereocenters. The fourth-order valence-electron chi connectivity index (χ4n) is 20.0. The van der Waals surface area contributed by atoms with Crippen LogP contribution in [0.15, 0.2) is 24.3 Å². The van der Waals surface area contributed by atoms with Crippen molar-refractivity contribution in [2.24, 2.45) is 44.3 Å². The first-order valence-electron chi connectivity index (χ1n) is 24.2. The Bertz CT molecular complexity index is 2470. The number of ether oxygens (including phenoxy) is 2. The molecule has 8 saturated carbocycles. The monoisotopic (exact) mass is 826 g/mol. The van der Waals surface area contributed by atoms with Gasteiger partial charge in [0.05, 0.1) is 22.8 Å². The smallest absolute Gasteiger partial charge is 0.180 e. The van der Waals surface area contributed by atoms with Gasteiger partial charge in [-0.2, -0.15) is 5.26 Å². The first-order chi connectivity index (χ1) is 28.3. The second-order valence-electron chi connectivity index (χ2n) is 26.9. The van der Waals surface area contributed by atoms with Gasteiger partial charge in [0.15, 0.2) is 6.19 Å². The highest BCUT2D eigenvalue weighted by atomic mass is 16.5. The number of aryl methyl sites for hydroxylation is 2. The summed E-state index contributed by atoms with van der Waals surface area (Å²) in [6, 6.07) is 10.2. The van der Waals surface area contributed by atoms with Crippen molar-refractivity contribution in [3.8, 4) is 17.7 Å². The minimum atomic E-state index is -0.803. The van der Waals surface area contributed by atoms with E-state index in [0.29, 0.717) is 17.6 Å². The van der Waals surface area contributed by atoms with Gasteiger partial charge in [-0.1, -0.05) is 79.7 Å². The second-order valence-corrected chi connectivity index (χ2v) is 26.9. The van der Waals surface area contributed by atoms with Gasteiger partial charge in [0, 0.05) is 55.2 Å². The van der Waals surface area contributed by atoms with Crippen LogP contribution in [0.3, 0.4) is 0 Å². The zero-order chi connectivity index (χ0) is 43.3. The van der Waals surface area contributed by atoms with Gasteiger partial charge in [-0.15, -0.1) is 0 Å². The molecule has 0 aromatic heterocycles. The lowest BCUT2D eigenvalue weighted by atomic mass is 9.35. The van der Waals surface area contributed by atoms with Gasteiger partial charge in [0.25, 0.3) is 0 Å². The highest BCUT2D eigenvalue weighted by Gasteiger charge is 2.93. The summed E-state index contributed by atoms with van der Waals surface area (Å²) in [4.78, 5) is 4.86. The van der Waals surface area contributed by atoms with Gasteiger partial charge in [-0.05, 0) is 144 Å². The Kier molecular flexibility index (Phi) is 6.36. The molecular formula is C54H71N3O4. The molecule has 2 aromatic carbocycles. The van der Waals surface area contributed by atoms with Crippen LogP contribution in [0.25, 0.3) is 0 Å². The van der Waals surface area contributed by atoms with E-state index in [1.165, 1.54) is 53.7 Å². The Morgan fingerprint density at radius 2 is 1.08 bits per heavy atom. The number of piperidine rings is 2. The molecule has 2 aromatic rings. The van der Waals surface area contributed by atoms with Crippen LogP contribution in [0.4, 0.5) is 0 Å². The second kappa shape index (κ2) is 10.0. The first-order valence-corrected chi connectivity index (χ1v) is 24.2. The molecule has 0 radical (unpaired) electrons. The molecule has 2 N–H and O–H groups in total. The number of fused-ring (bicyclic) bond motifs is 4. The van der Waals surface area contributed by atoms with Crippen molar-refractivity contribution in [1.82, 2.24) is 9.80 Å². The fourth-order valence-corrected chi connectivity index (χ4v) is 20.0. The Hall–Kier alpha value is -2.79. The number of likely N-dealkylation sites (N-methyl/N-ethyl adjacent to an activating group) is 1. The van der Waals surface area contributed by atoms with E-state index in [1.54, 1.807) is 11.1 Å². The zero-order valence-corrected chi connectivity index (χ0v) is 39.4. The van der Waals surface area contributed by atoms with E-state index in [9.17, 15) is 15.5 Å². The molecule has 10 fully saturated rings. The average molecular weight is 826 g/mol. The van der Waals surface area contributed by atoms with Crippen molar-refractivity contribution in [3.05, 3.63) is 57.6 Å². The summed E-state index contributed by atoms with van der Waals surface area (Å²) >= 11 is 0. The minimum absolute atomic E-state index is 0.00907. The summed E-state index contributed by atoms with van der Waals surface area (Å²) in [5.41, 5.74) is 7.41. The molecule has 7 nitrogen and oxygen atoms in total. The van der Waals surface area contributed by atoms with E-state index in [-0.39, 0.29) is 72.9 Å². The van der Waals surface area contributed by atoms with Crippen LogP contribution in [0.1, 0.15) is 154 Å². The van der Waals surface area contributed by atoms with Crippen LogP contribution < -0.4 is 9.47 Å². The zero-order valence-electron chi connectivity index (χ0n) is 39.4. The topological polar surface area (TPSA) is 88.7 Å². The molecule has 61 heavy (non-hydrogen) atoms. The van der Waals surface area contributed by atoms with E-state index in [2.05, 4.69) is 130 Å². The highest BCUT2D eigenvalue weighted by Crippen LogP contribution is 2.88. The third-order valence-corrected chi connectivity index (χ3v) is 23.5. The van der Waals surface area contributed by atoms with Crippen LogP contribution in [-0.2, 0) is 23.7 Å². The van der Waals surface area contributed by atoms with E-state index < -0.39 is 11.2 Å². The lowest BCUT2D eigenvalue weighted by Crippen LogP contribution is -2.73. The summed E-state index contributed by atoms with van der Waals surface area (Å²) in [6.07, 6.45) is 14.3. The molecular weight excluding hydrogens is 755 g/mol. The van der Waals surface area contributed by atoms with Gasteiger partial charge >= 0.3 is 0 Å². The molecule has 326 valence electrons. The standard InChI is InChI=1S/C27H34N2O2.C27H37NO2/c1-15-7-8-16-11-26-13-27-18(16)19(15)31-21(27)23(5)9-10-25(27,20(26)29(26)14-28)12-17(23)24(6,30)22(2,3)4;1-15-8-9-16-12-26-14-27-18(16)19(15)30-21(27)23(5)10-11-25(27,20(26)28(26)7)13-17(23)24(6,29)22(2,3)4/h7-8,17,20-21,30H,9-13H2,1-6H3;8-9,17,20-21,29H,10-14H2,1-7H3/t17?,20-,21?,23?,24?,25?,26+,27-,29?;17?,20-,21?,23?,24?,25?,26+,27-,28?/m00/s1. The number of nitrogens with zero attached hydrogens (tertiary/aromatic N) is 3. The quantitative estimate of drug-likeness (QED) is 0.231. The molecule has 2 saturated heterocycles. The summed E-state index contributed by atoms with van der Waals surface area (Å²) < 4.78 is 14.1. The first kappa shape index (κ1) is 38.6. The van der Waals surface area contributed by atoms with Crippen LogP contribution >= 0.6 is 0 Å². The van der Waals surface area contributed by atoms with Crippen LogP contribution in [-0.4, -0.2) is 73.6 Å². The Morgan fingerprint density at radius 1 is 0.656 bits per heavy atom. The van der Waals surface area contributed by atoms with Crippen LogP contribution in [0, 0.1) is 69.6 Å². The number of nitriles is 1. The van der Waals surface area contributed by atoms with Crippen molar-refractivity contribution in [1.29, 1.82) is 5.26 Å². The largest absolute Gasteiger partial charge is 0.488 e. The molecule has 10 aliphatic carbocycles. The Balaban J connectivity index is 0.000000125. The molecule has 16 rings (SSSR count). The fraction of sp³-hybridized carbons (Fsp3) is 0.759. The molecule has 0 amide bonds. The van der Waals surface area contributed by atoms with E-state index in [1.807, 2.05) is 0 Å². The van der Waals surface area contributed by atoms with E-state index in [4.69, 9.17) is 9.47 Å². The summed E-state index contributed by atoms with van der Waals surface area (Å²) in [5.74, 6) is 2.76. The minimum Gasteiger partial charge on any atom is -0.488 e. The lowest BCUT2D eigenvalue weighted by molar-refractivity contribution is -0.246. The van der Waals surface area contributed by atoms with Crippen molar-refractivity contribution >= 4 is 0 Å². The summed E-state index contributed by atoms with van der Waals surface area (Å²) in [6.45, 7) is 26.7. The third-order valence-electron chi connectivity index (χ3n) is 23.5. The number of aliphatic hydroxyl groups is 2. The molecule has 17 atom stereocenters. The highest BCUT2D eigenvalue weighted by molar-refractivity contribution is 5.67. The third kappa shape index (κ3) is 3.50. The van der Waals surface area contributed by atoms with Gasteiger partial charge in [0.2, 0.25) is 0 Å². The van der Waals surface area contributed by atoms with Crippen molar-refractivity contribution < 1.29 is 19.7 Å². The normalized spacial score (nSPS) is 51.0. The maximum atomic E-state index is 12.0. The van der Waals surface area contributed by atoms with Gasteiger partial charge in [-0.3, -0.25) is 9.80 Å². The SMILES string of the molecule is Cc1ccc2c3c1OC1C4(C)CCC5(CC4C(C)(O)C(C)(C)C)[C@@H]4N(C#N)[C@]4(C2)C[C@]315.Cc1ccc2c3c1OC1C4(C)CCC5(CC4C(C)(O)C(C)(C)C)[C@@H]4N(C)[C@]4(C2)C[C@]315. The predicted molar refractivity (Wildman–Crippen MR) is 235 cm³/mol. The Labute approximate surface area is 364 Å². The summed E-state index contributed by atoms with van der Waals surface area (Å²) in [7, 11) is 2.37. The predicted octanol–water partition coefficient (Wildman–Crippen LogP) is 9.07. The number of hydrogen-bond donors (Lipinski definition) is 2. The lowest BCUT2D eigenvalue weighted by Gasteiger charge is -2.70. The number of hydrogen-bond acceptors (Lipinski definition) is 7. The Morgan fingerprint density at radius 3 is 1.52 bits per heavy atom. The van der Waals surface area contributed by atoms with E-state index >= 15 is 0 Å².